The molecular weight excluding hydrogens is 346 g/mol. The van der Waals surface area contributed by atoms with Crippen LogP contribution in [0.3, 0.4) is 0 Å². The van der Waals surface area contributed by atoms with Crippen LogP contribution >= 0.6 is 11.8 Å². The summed E-state index contributed by atoms with van der Waals surface area (Å²) in [7, 11) is 1.61. The van der Waals surface area contributed by atoms with E-state index in [-0.39, 0.29) is 5.91 Å². The number of nitrogens with one attached hydrogen (secondary N) is 2. The number of H-pyrrole nitrogens is 1. The fourth-order valence-corrected chi connectivity index (χ4v) is 3.24. The van der Waals surface area contributed by atoms with Crippen molar-refractivity contribution in [1.29, 1.82) is 0 Å². The van der Waals surface area contributed by atoms with Gasteiger partial charge in [0, 0.05) is 17.8 Å². The number of hydrogen-bond donors (Lipinski definition) is 2. The molecule has 2 aromatic carbocycles. The predicted octanol–water partition coefficient (Wildman–Crippen LogP) is 4.05. The Bertz CT molecular complexity index is 861. The zero-order valence-corrected chi connectivity index (χ0v) is 15.6. The number of nitrogens with zero attached hydrogens (tertiary/aromatic N) is 1. The number of carbonyl (C=O) groups excluding carboxylic acids is 1. The standard InChI is InChI=1S/C20H21N3O2S/c1-14-18(12-15-6-4-3-5-7-15)23-20(21-14)26-13-19(24)22-16-8-10-17(25-2)11-9-16/h3-11H,12-13H2,1-2H3,(H,21,23)(H,22,24). The summed E-state index contributed by atoms with van der Waals surface area (Å²) in [6.45, 7) is 2.01. The molecule has 0 spiro atoms. The van der Waals surface area contributed by atoms with Gasteiger partial charge in [-0.15, -0.1) is 0 Å². The van der Waals surface area contributed by atoms with Crippen LogP contribution in [0.2, 0.25) is 0 Å². The van der Waals surface area contributed by atoms with E-state index >= 15 is 0 Å². The fraction of sp³-hybridized carbons (Fsp3) is 0.200. The third-order valence-electron chi connectivity index (χ3n) is 3.89. The number of aromatic amines is 1. The van der Waals surface area contributed by atoms with Crippen LogP contribution in [0.25, 0.3) is 0 Å². The molecular formula is C20H21N3O2S. The minimum absolute atomic E-state index is 0.0705. The minimum atomic E-state index is -0.0705. The number of methoxy groups -OCH3 is 1. The molecule has 0 saturated heterocycles. The third kappa shape index (κ3) is 4.89. The highest BCUT2D eigenvalue weighted by atomic mass is 32.2. The first-order chi connectivity index (χ1) is 12.6. The lowest BCUT2D eigenvalue weighted by Gasteiger charge is -2.05. The maximum atomic E-state index is 12.1. The number of aromatic nitrogens is 2. The fourth-order valence-electron chi connectivity index (χ4n) is 2.50. The second kappa shape index (κ2) is 8.58. The lowest BCUT2D eigenvalue weighted by Crippen LogP contribution is -2.14. The van der Waals surface area contributed by atoms with E-state index in [2.05, 4.69) is 27.4 Å². The predicted molar refractivity (Wildman–Crippen MR) is 105 cm³/mol. The number of anilines is 1. The number of thioether (sulfide) groups is 1. The van der Waals surface area contributed by atoms with Crippen molar-refractivity contribution in [2.24, 2.45) is 0 Å². The van der Waals surface area contributed by atoms with Crippen molar-refractivity contribution < 1.29 is 9.53 Å². The van der Waals surface area contributed by atoms with Crippen molar-refractivity contribution in [3.63, 3.8) is 0 Å². The van der Waals surface area contributed by atoms with Gasteiger partial charge < -0.3 is 15.0 Å². The Kier molecular flexibility index (Phi) is 5.96. The molecule has 0 unspecified atom stereocenters. The van der Waals surface area contributed by atoms with E-state index in [1.54, 1.807) is 7.11 Å². The monoisotopic (exact) mass is 367 g/mol. The van der Waals surface area contributed by atoms with Gasteiger partial charge in [0.05, 0.1) is 18.6 Å². The van der Waals surface area contributed by atoms with Gasteiger partial charge in [0.25, 0.3) is 0 Å². The lowest BCUT2D eigenvalue weighted by atomic mass is 10.1. The van der Waals surface area contributed by atoms with Gasteiger partial charge in [-0.05, 0) is 36.8 Å². The molecule has 134 valence electrons. The maximum Gasteiger partial charge on any atom is 0.234 e. The first kappa shape index (κ1) is 18.1. The van der Waals surface area contributed by atoms with Crippen molar-refractivity contribution >= 4 is 23.4 Å². The van der Waals surface area contributed by atoms with Crippen molar-refractivity contribution in [2.75, 3.05) is 18.2 Å². The number of ether oxygens (including phenoxy) is 1. The largest absolute Gasteiger partial charge is 0.497 e. The summed E-state index contributed by atoms with van der Waals surface area (Å²) >= 11 is 1.40. The topological polar surface area (TPSA) is 67.0 Å². The van der Waals surface area contributed by atoms with Crippen LogP contribution in [0.15, 0.2) is 59.8 Å². The molecule has 0 atom stereocenters. The van der Waals surface area contributed by atoms with Crippen molar-refractivity contribution in [1.82, 2.24) is 9.97 Å². The molecule has 0 bridgehead atoms. The Balaban J connectivity index is 1.54. The van der Waals surface area contributed by atoms with E-state index in [1.807, 2.05) is 49.4 Å². The maximum absolute atomic E-state index is 12.1. The Morgan fingerprint density at radius 1 is 1.15 bits per heavy atom. The average Bonchev–Trinajstić information content (AvgIpc) is 3.01. The Morgan fingerprint density at radius 3 is 2.58 bits per heavy atom. The van der Waals surface area contributed by atoms with E-state index in [1.165, 1.54) is 17.3 Å². The SMILES string of the molecule is COc1ccc(NC(=O)CSc2nc(Cc3ccccc3)c(C)[nH]2)cc1. The molecule has 0 aliphatic heterocycles. The molecule has 6 heteroatoms. The van der Waals surface area contributed by atoms with E-state index in [0.717, 1.165) is 34.4 Å². The molecule has 2 N–H and O–H groups in total. The summed E-state index contributed by atoms with van der Waals surface area (Å²) < 4.78 is 5.11. The van der Waals surface area contributed by atoms with Gasteiger partial charge in [-0.3, -0.25) is 4.79 Å². The molecule has 1 aromatic heterocycles. The molecule has 0 fully saturated rings. The van der Waals surface area contributed by atoms with Gasteiger partial charge >= 0.3 is 0 Å². The van der Waals surface area contributed by atoms with E-state index in [9.17, 15) is 4.79 Å². The van der Waals surface area contributed by atoms with Crippen LogP contribution in [0.5, 0.6) is 5.75 Å². The number of rotatable bonds is 7. The molecule has 0 saturated carbocycles. The number of imidazole rings is 1. The van der Waals surface area contributed by atoms with Crippen LogP contribution in [-0.2, 0) is 11.2 Å². The van der Waals surface area contributed by atoms with Crippen molar-refractivity contribution in [3.8, 4) is 5.75 Å². The summed E-state index contributed by atoms with van der Waals surface area (Å²) in [5.74, 6) is 0.984. The van der Waals surface area contributed by atoms with Crippen LogP contribution < -0.4 is 10.1 Å². The quantitative estimate of drug-likeness (QED) is 0.618. The van der Waals surface area contributed by atoms with Crippen LogP contribution in [-0.4, -0.2) is 28.7 Å². The highest BCUT2D eigenvalue weighted by Crippen LogP contribution is 2.20. The highest BCUT2D eigenvalue weighted by Gasteiger charge is 2.10. The normalized spacial score (nSPS) is 10.5. The smallest absolute Gasteiger partial charge is 0.234 e. The Labute approximate surface area is 157 Å². The van der Waals surface area contributed by atoms with Gasteiger partial charge in [-0.25, -0.2) is 4.98 Å². The summed E-state index contributed by atoms with van der Waals surface area (Å²) in [4.78, 5) is 20.0. The number of benzene rings is 2. The number of aryl methyl sites for hydroxylation is 1. The molecule has 26 heavy (non-hydrogen) atoms. The zero-order valence-electron chi connectivity index (χ0n) is 14.8. The average molecular weight is 367 g/mol. The van der Waals surface area contributed by atoms with E-state index < -0.39 is 0 Å². The Morgan fingerprint density at radius 2 is 1.88 bits per heavy atom. The second-order valence-electron chi connectivity index (χ2n) is 5.84. The van der Waals surface area contributed by atoms with E-state index in [0.29, 0.717) is 5.75 Å². The molecule has 0 radical (unpaired) electrons. The third-order valence-corrected chi connectivity index (χ3v) is 4.77. The van der Waals surface area contributed by atoms with Crippen LogP contribution in [0, 0.1) is 6.92 Å². The van der Waals surface area contributed by atoms with Gasteiger partial charge in [0.15, 0.2) is 5.16 Å². The summed E-state index contributed by atoms with van der Waals surface area (Å²) in [5, 5.41) is 3.63. The Hall–Kier alpha value is -2.73. The molecule has 1 amide bonds. The van der Waals surface area contributed by atoms with E-state index in [4.69, 9.17) is 4.74 Å². The van der Waals surface area contributed by atoms with Gasteiger partial charge in [-0.2, -0.15) is 0 Å². The number of hydrogen-bond acceptors (Lipinski definition) is 4. The zero-order chi connectivity index (χ0) is 18.4. The van der Waals surface area contributed by atoms with Crippen LogP contribution in [0.4, 0.5) is 5.69 Å². The van der Waals surface area contributed by atoms with Crippen molar-refractivity contribution in [2.45, 2.75) is 18.5 Å². The summed E-state index contributed by atoms with van der Waals surface area (Å²) in [5.41, 5.74) is 4.01. The number of amides is 1. The highest BCUT2D eigenvalue weighted by molar-refractivity contribution is 7.99. The molecule has 5 nitrogen and oxygen atoms in total. The first-order valence-electron chi connectivity index (χ1n) is 8.30. The summed E-state index contributed by atoms with van der Waals surface area (Å²) in [6, 6.07) is 17.5. The molecule has 3 aromatic rings. The molecule has 0 aliphatic carbocycles. The van der Waals surface area contributed by atoms with Gasteiger partial charge in [-0.1, -0.05) is 42.1 Å². The molecule has 1 heterocycles. The second-order valence-corrected chi connectivity index (χ2v) is 6.81. The first-order valence-corrected chi connectivity index (χ1v) is 9.28. The van der Waals surface area contributed by atoms with Gasteiger partial charge in [0.2, 0.25) is 5.91 Å². The van der Waals surface area contributed by atoms with Gasteiger partial charge in [0.1, 0.15) is 5.75 Å². The minimum Gasteiger partial charge on any atom is -0.497 e. The lowest BCUT2D eigenvalue weighted by molar-refractivity contribution is -0.113. The van der Waals surface area contributed by atoms with Crippen LogP contribution in [0.1, 0.15) is 17.0 Å². The molecule has 3 rings (SSSR count). The number of carbonyl (C=O) groups is 1. The molecule has 0 aliphatic rings. The van der Waals surface area contributed by atoms with Crippen molar-refractivity contribution in [3.05, 3.63) is 71.5 Å². The summed E-state index contributed by atoms with van der Waals surface area (Å²) in [6.07, 6.45) is 0.780.